The standard InChI is InChI=1S/C16H20N2OS/c1-4-14-9-10-15(20-14)11-17-13-7-5-12(6-8-13)16(19)18(2)3/h5-10,17H,4,11H2,1-3H3. The van der Waals surface area contributed by atoms with E-state index in [9.17, 15) is 4.79 Å². The largest absolute Gasteiger partial charge is 0.380 e. The molecule has 0 radical (unpaired) electrons. The maximum atomic E-state index is 11.8. The number of benzene rings is 1. The van der Waals surface area contributed by atoms with Gasteiger partial charge in [-0.3, -0.25) is 4.79 Å². The van der Waals surface area contributed by atoms with Crippen LogP contribution >= 0.6 is 11.3 Å². The van der Waals surface area contributed by atoms with Gasteiger partial charge in [-0.1, -0.05) is 6.92 Å². The molecule has 2 aromatic rings. The summed E-state index contributed by atoms with van der Waals surface area (Å²) in [5.74, 6) is 0.0300. The predicted octanol–water partition coefficient (Wildman–Crippen LogP) is 3.62. The Kier molecular flexibility index (Phi) is 4.79. The van der Waals surface area contributed by atoms with Crippen LogP contribution in [0, 0.1) is 0 Å². The van der Waals surface area contributed by atoms with Gasteiger partial charge in [0, 0.05) is 41.6 Å². The number of thiophene rings is 1. The smallest absolute Gasteiger partial charge is 0.253 e. The third-order valence-corrected chi connectivity index (χ3v) is 4.30. The summed E-state index contributed by atoms with van der Waals surface area (Å²) >= 11 is 1.84. The van der Waals surface area contributed by atoms with Crippen LogP contribution < -0.4 is 5.32 Å². The second kappa shape index (κ2) is 6.57. The van der Waals surface area contributed by atoms with Gasteiger partial charge in [0.1, 0.15) is 0 Å². The Morgan fingerprint density at radius 1 is 1.10 bits per heavy atom. The van der Waals surface area contributed by atoms with Gasteiger partial charge in [-0.25, -0.2) is 0 Å². The predicted molar refractivity (Wildman–Crippen MR) is 85.5 cm³/mol. The molecule has 0 saturated heterocycles. The van der Waals surface area contributed by atoms with Crippen LogP contribution in [0.3, 0.4) is 0 Å². The minimum absolute atomic E-state index is 0.0300. The van der Waals surface area contributed by atoms with E-state index in [0.29, 0.717) is 5.56 Å². The highest BCUT2D eigenvalue weighted by Crippen LogP contribution is 2.19. The van der Waals surface area contributed by atoms with E-state index in [1.807, 2.05) is 35.6 Å². The van der Waals surface area contributed by atoms with Crippen molar-refractivity contribution >= 4 is 22.9 Å². The summed E-state index contributed by atoms with van der Waals surface area (Å²) < 4.78 is 0. The monoisotopic (exact) mass is 288 g/mol. The zero-order valence-electron chi connectivity index (χ0n) is 12.1. The molecule has 1 aromatic heterocycles. The fourth-order valence-corrected chi connectivity index (χ4v) is 2.78. The first kappa shape index (κ1) is 14.6. The van der Waals surface area contributed by atoms with Crippen LogP contribution in [0.2, 0.25) is 0 Å². The van der Waals surface area contributed by atoms with Crippen molar-refractivity contribution in [1.29, 1.82) is 0 Å². The molecule has 3 nitrogen and oxygen atoms in total. The highest BCUT2D eigenvalue weighted by atomic mass is 32.1. The summed E-state index contributed by atoms with van der Waals surface area (Å²) in [6, 6.07) is 12.0. The van der Waals surface area contributed by atoms with E-state index < -0.39 is 0 Å². The minimum Gasteiger partial charge on any atom is -0.380 e. The number of anilines is 1. The van der Waals surface area contributed by atoms with Gasteiger partial charge in [0.05, 0.1) is 0 Å². The quantitative estimate of drug-likeness (QED) is 0.911. The average molecular weight is 288 g/mol. The van der Waals surface area contributed by atoms with Crippen molar-refractivity contribution in [1.82, 2.24) is 4.90 Å². The van der Waals surface area contributed by atoms with Crippen LogP contribution in [0.4, 0.5) is 5.69 Å². The molecular formula is C16H20N2OS. The molecule has 0 bridgehead atoms. The van der Waals surface area contributed by atoms with Crippen LogP contribution in [0.1, 0.15) is 27.0 Å². The third kappa shape index (κ3) is 3.61. The molecule has 0 unspecified atom stereocenters. The van der Waals surface area contributed by atoms with Crippen LogP contribution in [-0.4, -0.2) is 24.9 Å². The summed E-state index contributed by atoms with van der Waals surface area (Å²) in [6.07, 6.45) is 1.09. The van der Waals surface area contributed by atoms with Crippen LogP contribution in [-0.2, 0) is 13.0 Å². The highest BCUT2D eigenvalue weighted by Gasteiger charge is 2.07. The van der Waals surface area contributed by atoms with E-state index >= 15 is 0 Å². The summed E-state index contributed by atoms with van der Waals surface area (Å²) in [5.41, 5.74) is 1.75. The molecule has 0 aliphatic carbocycles. The van der Waals surface area contributed by atoms with Crippen molar-refractivity contribution in [2.45, 2.75) is 19.9 Å². The molecule has 1 heterocycles. The normalized spacial score (nSPS) is 10.3. The molecule has 4 heteroatoms. The van der Waals surface area contributed by atoms with Gasteiger partial charge < -0.3 is 10.2 Å². The number of aryl methyl sites for hydroxylation is 1. The third-order valence-electron chi connectivity index (χ3n) is 3.07. The SMILES string of the molecule is CCc1ccc(CNc2ccc(C(=O)N(C)C)cc2)s1. The lowest BCUT2D eigenvalue weighted by molar-refractivity contribution is 0.0827. The molecule has 20 heavy (non-hydrogen) atoms. The first-order valence-corrected chi connectivity index (χ1v) is 7.55. The van der Waals surface area contributed by atoms with Crippen molar-refractivity contribution < 1.29 is 4.79 Å². The Morgan fingerprint density at radius 3 is 2.30 bits per heavy atom. The fourth-order valence-electron chi connectivity index (χ4n) is 1.89. The Morgan fingerprint density at radius 2 is 1.75 bits per heavy atom. The Hall–Kier alpha value is -1.81. The first-order chi connectivity index (χ1) is 9.60. The van der Waals surface area contributed by atoms with E-state index in [4.69, 9.17) is 0 Å². The Balaban J connectivity index is 1.95. The van der Waals surface area contributed by atoms with Gasteiger partial charge >= 0.3 is 0 Å². The van der Waals surface area contributed by atoms with Crippen molar-refractivity contribution in [3.8, 4) is 0 Å². The molecule has 0 aliphatic heterocycles. The second-order valence-electron chi connectivity index (χ2n) is 4.85. The second-order valence-corrected chi connectivity index (χ2v) is 6.10. The van der Waals surface area contributed by atoms with Gasteiger partial charge in [0.25, 0.3) is 5.91 Å². The molecule has 2 rings (SSSR count). The Bertz CT molecular complexity index is 572. The van der Waals surface area contributed by atoms with Crippen molar-refractivity contribution in [3.63, 3.8) is 0 Å². The maximum absolute atomic E-state index is 11.8. The van der Waals surface area contributed by atoms with Gasteiger partial charge in [0.2, 0.25) is 0 Å². The summed E-state index contributed by atoms with van der Waals surface area (Å²) in [6.45, 7) is 3.00. The number of carbonyl (C=O) groups is 1. The van der Waals surface area contributed by atoms with Crippen LogP contribution in [0.5, 0.6) is 0 Å². The lowest BCUT2D eigenvalue weighted by Crippen LogP contribution is -2.21. The fraction of sp³-hybridized carbons (Fsp3) is 0.312. The van der Waals surface area contributed by atoms with Gasteiger partial charge in [0.15, 0.2) is 0 Å². The average Bonchev–Trinajstić information content (AvgIpc) is 2.93. The van der Waals surface area contributed by atoms with Gasteiger partial charge in [-0.15, -0.1) is 11.3 Å². The molecule has 0 saturated carbocycles. The Labute approximate surface area is 124 Å². The van der Waals surface area contributed by atoms with E-state index in [1.54, 1.807) is 19.0 Å². The summed E-state index contributed by atoms with van der Waals surface area (Å²) in [4.78, 5) is 16.1. The topological polar surface area (TPSA) is 32.3 Å². The molecule has 0 atom stereocenters. The lowest BCUT2D eigenvalue weighted by atomic mass is 10.2. The summed E-state index contributed by atoms with van der Waals surface area (Å²) in [5, 5.41) is 3.38. The van der Waals surface area contributed by atoms with Gasteiger partial charge in [-0.2, -0.15) is 0 Å². The lowest BCUT2D eigenvalue weighted by Gasteiger charge is -2.11. The molecule has 0 fully saturated rings. The maximum Gasteiger partial charge on any atom is 0.253 e. The molecule has 0 spiro atoms. The number of amides is 1. The number of rotatable bonds is 5. The molecule has 1 amide bonds. The number of nitrogens with zero attached hydrogens (tertiary/aromatic N) is 1. The zero-order valence-corrected chi connectivity index (χ0v) is 13.0. The van der Waals surface area contributed by atoms with E-state index in [0.717, 1.165) is 18.7 Å². The minimum atomic E-state index is 0.0300. The van der Waals surface area contributed by atoms with Crippen molar-refractivity contribution in [3.05, 3.63) is 51.7 Å². The molecular weight excluding hydrogens is 268 g/mol. The highest BCUT2D eigenvalue weighted by molar-refractivity contribution is 7.12. The number of carbonyl (C=O) groups excluding carboxylic acids is 1. The van der Waals surface area contributed by atoms with Crippen LogP contribution in [0.25, 0.3) is 0 Å². The molecule has 0 aliphatic rings. The van der Waals surface area contributed by atoms with E-state index in [1.165, 1.54) is 9.75 Å². The van der Waals surface area contributed by atoms with Crippen molar-refractivity contribution in [2.75, 3.05) is 19.4 Å². The van der Waals surface area contributed by atoms with E-state index in [-0.39, 0.29) is 5.91 Å². The zero-order chi connectivity index (χ0) is 14.5. The number of hydrogen-bond acceptors (Lipinski definition) is 3. The molecule has 106 valence electrons. The van der Waals surface area contributed by atoms with E-state index in [2.05, 4.69) is 24.4 Å². The number of hydrogen-bond donors (Lipinski definition) is 1. The van der Waals surface area contributed by atoms with Crippen LogP contribution in [0.15, 0.2) is 36.4 Å². The van der Waals surface area contributed by atoms with Gasteiger partial charge in [-0.05, 0) is 42.8 Å². The first-order valence-electron chi connectivity index (χ1n) is 6.73. The number of nitrogens with one attached hydrogen (secondary N) is 1. The summed E-state index contributed by atoms with van der Waals surface area (Å²) in [7, 11) is 3.52. The molecule has 1 N–H and O–H groups in total. The molecule has 1 aromatic carbocycles. The van der Waals surface area contributed by atoms with Crippen molar-refractivity contribution in [2.24, 2.45) is 0 Å².